The topological polar surface area (TPSA) is 84.7 Å². The average molecular weight is 285 g/mol. The standard InChI is InChI=1S/C14H27N3O3/c1-11-5-4-8-17(12(11)9-15)10-13(18)16-7-3-6-14(19)20-2/h11-12H,3-10,15H2,1-2H3,(H,16,18). The van der Waals surface area contributed by atoms with Gasteiger partial charge in [0.05, 0.1) is 13.7 Å². The van der Waals surface area contributed by atoms with Gasteiger partial charge in [0.15, 0.2) is 0 Å². The van der Waals surface area contributed by atoms with E-state index in [-0.39, 0.29) is 11.9 Å². The van der Waals surface area contributed by atoms with E-state index in [1.807, 2.05) is 0 Å². The molecule has 0 bridgehead atoms. The third-order valence-electron chi connectivity index (χ3n) is 3.93. The summed E-state index contributed by atoms with van der Waals surface area (Å²) in [6.07, 6.45) is 3.24. The number of piperidine rings is 1. The van der Waals surface area contributed by atoms with E-state index in [0.717, 1.165) is 13.0 Å². The van der Waals surface area contributed by atoms with Crippen LogP contribution in [0.25, 0.3) is 0 Å². The molecule has 116 valence electrons. The maximum Gasteiger partial charge on any atom is 0.305 e. The lowest BCUT2D eigenvalue weighted by Crippen LogP contribution is -2.52. The third-order valence-corrected chi connectivity index (χ3v) is 3.93. The maximum atomic E-state index is 11.9. The van der Waals surface area contributed by atoms with Crippen molar-refractivity contribution >= 4 is 11.9 Å². The predicted octanol–water partition coefficient (Wildman–Crippen LogP) is 0.115. The van der Waals surface area contributed by atoms with Gasteiger partial charge in [0.25, 0.3) is 0 Å². The van der Waals surface area contributed by atoms with Crippen molar-refractivity contribution in [2.75, 3.05) is 33.3 Å². The summed E-state index contributed by atoms with van der Waals surface area (Å²) < 4.78 is 4.55. The maximum absolute atomic E-state index is 11.9. The molecule has 0 spiro atoms. The summed E-state index contributed by atoms with van der Waals surface area (Å²) in [7, 11) is 1.37. The molecule has 2 atom stereocenters. The van der Waals surface area contributed by atoms with Crippen LogP contribution in [0.1, 0.15) is 32.6 Å². The summed E-state index contributed by atoms with van der Waals surface area (Å²) in [6, 6.07) is 0.296. The van der Waals surface area contributed by atoms with Crippen LogP contribution < -0.4 is 11.1 Å². The largest absolute Gasteiger partial charge is 0.469 e. The molecule has 1 aliphatic rings. The Hall–Kier alpha value is -1.14. The predicted molar refractivity (Wildman–Crippen MR) is 77.1 cm³/mol. The highest BCUT2D eigenvalue weighted by atomic mass is 16.5. The molecule has 1 rings (SSSR count). The first kappa shape index (κ1) is 16.9. The van der Waals surface area contributed by atoms with Gasteiger partial charge in [0, 0.05) is 25.6 Å². The van der Waals surface area contributed by atoms with E-state index >= 15 is 0 Å². The summed E-state index contributed by atoms with van der Waals surface area (Å²) >= 11 is 0. The normalized spacial score (nSPS) is 23.4. The highest BCUT2D eigenvalue weighted by molar-refractivity contribution is 5.78. The number of ether oxygens (including phenoxy) is 1. The van der Waals surface area contributed by atoms with Crippen LogP contribution in [0.2, 0.25) is 0 Å². The van der Waals surface area contributed by atoms with Crippen LogP contribution in [0.4, 0.5) is 0 Å². The van der Waals surface area contributed by atoms with Gasteiger partial charge < -0.3 is 15.8 Å². The number of hydrogen-bond donors (Lipinski definition) is 2. The molecule has 6 heteroatoms. The average Bonchev–Trinajstić information content (AvgIpc) is 2.43. The summed E-state index contributed by atoms with van der Waals surface area (Å²) in [5, 5.41) is 2.84. The number of carbonyl (C=O) groups is 2. The number of nitrogens with zero attached hydrogens (tertiary/aromatic N) is 1. The number of amides is 1. The molecule has 20 heavy (non-hydrogen) atoms. The molecule has 0 aromatic rings. The monoisotopic (exact) mass is 285 g/mol. The van der Waals surface area contributed by atoms with E-state index in [2.05, 4.69) is 21.9 Å². The molecule has 1 aliphatic heterocycles. The first-order chi connectivity index (χ1) is 9.58. The van der Waals surface area contributed by atoms with Gasteiger partial charge in [0.2, 0.25) is 5.91 Å². The van der Waals surface area contributed by atoms with Gasteiger partial charge in [-0.2, -0.15) is 0 Å². The Morgan fingerprint density at radius 2 is 2.20 bits per heavy atom. The van der Waals surface area contributed by atoms with Crippen LogP contribution in [-0.4, -0.2) is 56.1 Å². The second-order valence-electron chi connectivity index (χ2n) is 5.42. The molecule has 2 unspecified atom stereocenters. The fourth-order valence-corrected chi connectivity index (χ4v) is 2.72. The van der Waals surface area contributed by atoms with Crippen molar-refractivity contribution in [1.29, 1.82) is 0 Å². The zero-order valence-electron chi connectivity index (χ0n) is 12.6. The molecule has 1 heterocycles. The molecular formula is C14H27N3O3. The lowest BCUT2D eigenvalue weighted by Gasteiger charge is -2.38. The van der Waals surface area contributed by atoms with Crippen molar-refractivity contribution in [1.82, 2.24) is 10.2 Å². The zero-order chi connectivity index (χ0) is 15.0. The summed E-state index contributed by atoms with van der Waals surface area (Å²) in [5.74, 6) is 0.301. The van der Waals surface area contributed by atoms with E-state index in [0.29, 0.717) is 44.4 Å². The number of nitrogens with one attached hydrogen (secondary N) is 1. The second kappa shape index (κ2) is 8.92. The van der Waals surface area contributed by atoms with E-state index < -0.39 is 0 Å². The van der Waals surface area contributed by atoms with E-state index in [1.165, 1.54) is 13.5 Å². The Bertz CT molecular complexity index is 323. The van der Waals surface area contributed by atoms with Crippen molar-refractivity contribution in [3.05, 3.63) is 0 Å². The minimum atomic E-state index is -0.243. The molecule has 0 saturated carbocycles. The van der Waals surface area contributed by atoms with Gasteiger partial charge in [-0.3, -0.25) is 14.5 Å². The summed E-state index contributed by atoms with van der Waals surface area (Å²) in [5.41, 5.74) is 5.81. The van der Waals surface area contributed by atoms with Crippen LogP contribution in [0, 0.1) is 5.92 Å². The number of hydrogen-bond acceptors (Lipinski definition) is 5. The molecule has 0 aromatic carbocycles. The quantitative estimate of drug-likeness (QED) is 0.512. The Morgan fingerprint density at radius 3 is 2.85 bits per heavy atom. The minimum absolute atomic E-state index is 0.00224. The molecule has 1 saturated heterocycles. The Morgan fingerprint density at radius 1 is 1.45 bits per heavy atom. The van der Waals surface area contributed by atoms with Gasteiger partial charge in [-0.25, -0.2) is 0 Å². The van der Waals surface area contributed by atoms with Crippen molar-refractivity contribution < 1.29 is 14.3 Å². The van der Waals surface area contributed by atoms with E-state index in [4.69, 9.17) is 5.73 Å². The Labute approximate surface area is 121 Å². The zero-order valence-corrected chi connectivity index (χ0v) is 12.6. The fourth-order valence-electron chi connectivity index (χ4n) is 2.72. The van der Waals surface area contributed by atoms with Crippen molar-refractivity contribution in [3.63, 3.8) is 0 Å². The molecule has 3 N–H and O–H groups in total. The number of nitrogens with two attached hydrogens (primary N) is 1. The molecule has 0 aromatic heterocycles. The van der Waals surface area contributed by atoms with Crippen LogP contribution in [-0.2, 0) is 14.3 Å². The molecule has 1 fully saturated rings. The van der Waals surface area contributed by atoms with Gasteiger partial charge >= 0.3 is 5.97 Å². The summed E-state index contributed by atoms with van der Waals surface area (Å²) in [6.45, 7) is 4.62. The third kappa shape index (κ3) is 5.46. The van der Waals surface area contributed by atoms with E-state index in [9.17, 15) is 9.59 Å². The molecule has 1 amide bonds. The van der Waals surface area contributed by atoms with Crippen molar-refractivity contribution in [2.24, 2.45) is 11.7 Å². The lowest BCUT2D eigenvalue weighted by atomic mass is 9.91. The molecule has 0 aliphatic carbocycles. The minimum Gasteiger partial charge on any atom is -0.469 e. The first-order valence-electron chi connectivity index (χ1n) is 7.36. The highest BCUT2D eigenvalue weighted by Crippen LogP contribution is 2.21. The smallest absolute Gasteiger partial charge is 0.305 e. The first-order valence-corrected chi connectivity index (χ1v) is 7.36. The Balaban J connectivity index is 2.25. The summed E-state index contributed by atoms with van der Waals surface area (Å²) in [4.78, 5) is 25.0. The van der Waals surface area contributed by atoms with Gasteiger partial charge in [0.1, 0.15) is 0 Å². The second-order valence-corrected chi connectivity index (χ2v) is 5.42. The molecule has 0 radical (unpaired) electrons. The van der Waals surface area contributed by atoms with Gasteiger partial charge in [-0.1, -0.05) is 6.92 Å². The van der Waals surface area contributed by atoms with Crippen LogP contribution in [0.5, 0.6) is 0 Å². The fraction of sp³-hybridized carbons (Fsp3) is 0.857. The van der Waals surface area contributed by atoms with Gasteiger partial charge in [-0.05, 0) is 31.7 Å². The number of methoxy groups -OCH3 is 1. The molecular weight excluding hydrogens is 258 g/mol. The number of rotatable bonds is 7. The van der Waals surface area contributed by atoms with E-state index in [1.54, 1.807) is 0 Å². The van der Waals surface area contributed by atoms with Crippen LogP contribution in [0.15, 0.2) is 0 Å². The Kier molecular flexibility index (Phi) is 7.54. The number of likely N-dealkylation sites (tertiary alicyclic amines) is 1. The van der Waals surface area contributed by atoms with Crippen molar-refractivity contribution in [3.8, 4) is 0 Å². The van der Waals surface area contributed by atoms with Gasteiger partial charge in [-0.15, -0.1) is 0 Å². The van der Waals surface area contributed by atoms with Crippen molar-refractivity contribution in [2.45, 2.75) is 38.6 Å². The van der Waals surface area contributed by atoms with Crippen LogP contribution in [0.3, 0.4) is 0 Å². The number of carbonyl (C=O) groups excluding carboxylic acids is 2. The SMILES string of the molecule is COC(=O)CCCNC(=O)CN1CCCC(C)C1CN. The highest BCUT2D eigenvalue weighted by Gasteiger charge is 2.28. The number of esters is 1. The molecule has 6 nitrogen and oxygen atoms in total. The van der Waals surface area contributed by atoms with Crippen LogP contribution >= 0.6 is 0 Å². The lowest BCUT2D eigenvalue weighted by molar-refractivity contribution is -0.140.